The third-order valence-corrected chi connectivity index (χ3v) is 3.63. The lowest BCUT2D eigenvalue weighted by Gasteiger charge is -2.20. The van der Waals surface area contributed by atoms with Crippen molar-refractivity contribution in [3.05, 3.63) is 59.7 Å². The zero-order valence-corrected chi connectivity index (χ0v) is 12.8. The normalized spacial score (nSPS) is 12.4. The molecule has 2 aromatic carbocycles. The fraction of sp³-hybridized carbons (Fsp3) is 0.333. The van der Waals surface area contributed by atoms with Crippen LogP contribution in [0.5, 0.6) is 11.5 Å². The van der Waals surface area contributed by atoms with Crippen LogP contribution in [0.2, 0.25) is 0 Å². The second-order valence-corrected chi connectivity index (χ2v) is 5.53. The molecule has 0 N–H and O–H groups in total. The van der Waals surface area contributed by atoms with Crippen LogP contribution in [-0.2, 0) is 6.42 Å². The summed E-state index contributed by atoms with van der Waals surface area (Å²) in [4.78, 5) is 2.23. The maximum absolute atomic E-state index is 5.98. The average Bonchev–Trinajstić information content (AvgIpc) is 2.42. The maximum atomic E-state index is 5.98. The highest BCUT2D eigenvalue weighted by atomic mass is 16.5. The van der Waals surface area contributed by atoms with E-state index >= 15 is 0 Å². The number of hydrogen-bond donors (Lipinski definition) is 0. The van der Waals surface area contributed by atoms with Crippen molar-refractivity contribution in [2.45, 2.75) is 26.3 Å². The van der Waals surface area contributed by atoms with Gasteiger partial charge in [-0.1, -0.05) is 30.3 Å². The first kappa shape index (κ1) is 14.6. The lowest BCUT2D eigenvalue weighted by molar-refractivity contribution is 0.312. The van der Waals surface area contributed by atoms with Crippen LogP contribution in [0, 0.1) is 6.92 Å². The summed E-state index contributed by atoms with van der Waals surface area (Å²) in [6.45, 7) is 4.29. The number of ether oxygens (including phenoxy) is 1. The molecule has 1 unspecified atom stereocenters. The third kappa shape index (κ3) is 3.84. The van der Waals surface area contributed by atoms with Gasteiger partial charge in [-0.2, -0.15) is 0 Å². The number of para-hydroxylation sites is 1. The van der Waals surface area contributed by atoms with Gasteiger partial charge in [-0.25, -0.2) is 0 Å². The molecule has 0 heterocycles. The van der Waals surface area contributed by atoms with Gasteiger partial charge in [0.2, 0.25) is 0 Å². The number of nitrogens with zero attached hydrogens (tertiary/aromatic N) is 1. The lowest BCUT2D eigenvalue weighted by atomic mass is 10.1. The third-order valence-electron chi connectivity index (χ3n) is 3.63. The van der Waals surface area contributed by atoms with Crippen molar-refractivity contribution in [1.82, 2.24) is 4.90 Å². The molecule has 0 saturated carbocycles. The molecular formula is C18H23NO. The van der Waals surface area contributed by atoms with E-state index in [1.807, 2.05) is 24.3 Å². The molecule has 2 nitrogen and oxygen atoms in total. The minimum Gasteiger partial charge on any atom is -0.457 e. The number of benzene rings is 2. The summed E-state index contributed by atoms with van der Waals surface area (Å²) < 4.78 is 5.98. The first-order chi connectivity index (χ1) is 9.56. The van der Waals surface area contributed by atoms with Crippen LogP contribution < -0.4 is 4.74 Å². The van der Waals surface area contributed by atoms with Crippen molar-refractivity contribution in [1.29, 1.82) is 0 Å². The molecule has 20 heavy (non-hydrogen) atoms. The molecule has 0 spiro atoms. The van der Waals surface area contributed by atoms with Crippen molar-refractivity contribution in [3.8, 4) is 11.5 Å². The highest BCUT2D eigenvalue weighted by molar-refractivity contribution is 5.38. The topological polar surface area (TPSA) is 12.5 Å². The first-order valence-electron chi connectivity index (χ1n) is 7.05. The summed E-state index contributed by atoms with van der Waals surface area (Å²) >= 11 is 0. The highest BCUT2D eigenvalue weighted by Gasteiger charge is 2.07. The molecule has 1 atom stereocenters. The summed E-state index contributed by atoms with van der Waals surface area (Å²) in [6.07, 6.45) is 1.03. The van der Waals surface area contributed by atoms with Gasteiger partial charge in [0.15, 0.2) is 0 Å². The average molecular weight is 269 g/mol. The zero-order chi connectivity index (χ0) is 14.5. The Morgan fingerprint density at radius 1 is 1.05 bits per heavy atom. The molecule has 2 rings (SSSR count). The summed E-state index contributed by atoms with van der Waals surface area (Å²) in [5, 5.41) is 0. The van der Waals surface area contributed by atoms with E-state index in [1.165, 1.54) is 5.56 Å². The molecule has 2 aromatic rings. The highest BCUT2D eigenvalue weighted by Crippen LogP contribution is 2.25. The predicted octanol–water partition coefficient (Wildman–Crippen LogP) is 4.28. The van der Waals surface area contributed by atoms with Crippen LogP contribution in [0.15, 0.2) is 48.5 Å². The van der Waals surface area contributed by atoms with Crippen LogP contribution in [0.1, 0.15) is 18.1 Å². The second-order valence-electron chi connectivity index (χ2n) is 5.53. The molecule has 0 amide bonds. The SMILES string of the molecule is Cc1ccccc1Oc1cccc(CC(C)N(C)C)c1. The fourth-order valence-corrected chi connectivity index (χ4v) is 2.06. The minimum absolute atomic E-state index is 0.517. The smallest absolute Gasteiger partial charge is 0.130 e. The second kappa shape index (κ2) is 6.58. The summed E-state index contributed by atoms with van der Waals surface area (Å²) in [5.41, 5.74) is 2.46. The maximum Gasteiger partial charge on any atom is 0.130 e. The van der Waals surface area contributed by atoms with Crippen molar-refractivity contribution >= 4 is 0 Å². The fourth-order valence-electron chi connectivity index (χ4n) is 2.06. The lowest BCUT2D eigenvalue weighted by Crippen LogP contribution is -2.26. The van der Waals surface area contributed by atoms with Crippen molar-refractivity contribution < 1.29 is 4.74 Å². The van der Waals surface area contributed by atoms with Gasteiger partial charge in [0.1, 0.15) is 11.5 Å². The van der Waals surface area contributed by atoms with Crippen molar-refractivity contribution in [3.63, 3.8) is 0 Å². The molecule has 0 bridgehead atoms. The quantitative estimate of drug-likeness (QED) is 0.803. The van der Waals surface area contributed by atoms with Crippen LogP contribution in [0.25, 0.3) is 0 Å². The van der Waals surface area contributed by atoms with E-state index < -0.39 is 0 Å². The Balaban J connectivity index is 2.12. The van der Waals surface area contributed by atoms with Crippen LogP contribution in [-0.4, -0.2) is 25.0 Å². The van der Waals surface area contributed by atoms with Gasteiger partial charge in [0, 0.05) is 6.04 Å². The summed E-state index contributed by atoms with van der Waals surface area (Å²) in [5.74, 6) is 1.83. The van der Waals surface area contributed by atoms with Crippen LogP contribution >= 0.6 is 0 Å². The van der Waals surface area contributed by atoms with E-state index in [4.69, 9.17) is 4.74 Å². The number of rotatable bonds is 5. The van der Waals surface area contributed by atoms with Gasteiger partial charge in [-0.05, 0) is 63.7 Å². The standard InChI is InChI=1S/C18H23NO/c1-14-8-5-6-11-18(14)20-17-10-7-9-16(13-17)12-15(2)19(3)4/h5-11,13,15H,12H2,1-4H3. The molecule has 0 aliphatic carbocycles. The molecule has 106 valence electrons. The van der Waals surface area contributed by atoms with Crippen LogP contribution in [0.3, 0.4) is 0 Å². The number of hydrogen-bond acceptors (Lipinski definition) is 2. The molecule has 0 aliphatic rings. The molecule has 2 heteroatoms. The number of likely N-dealkylation sites (N-methyl/N-ethyl adjacent to an activating group) is 1. The molecule has 0 fully saturated rings. The van der Waals surface area contributed by atoms with E-state index in [0.29, 0.717) is 6.04 Å². The van der Waals surface area contributed by atoms with Crippen molar-refractivity contribution in [2.75, 3.05) is 14.1 Å². The molecule has 0 saturated heterocycles. The van der Waals surface area contributed by atoms with E-state index in [-0.39, 0.29) is 0 Å². The monoisotopic (exact) mass is 269 g/mol. The van der Waals surface area contributed by atoms with Crippen LogP contribution in [0.4, 0.5) is 0 Å². The van der Waals surface area contributed by atoms with E-state index in [2.05, 4.69) is 57.1 Å². The zero-order valence-electron chi connectivity index (χ0n) is 12.8. The Morgan fingerprint density at radius 3 is 2.50 bits per heavy atom. The predicted molar refractivity (Wildman–Crippen MR) is 84.5 cm³/mol. The molecule has 0 aromatic heterocycles. The molecular weight excluding hydrogens is 246 g/mol. The molecule has 0 radical (unpaired) electrons. The molecule has 0 aliphatic heterocycles. The summed E-state index contributed by atoms with van der Waals surface area (Å²) in [7, 11) is 4.22. The van der Waals surface area contributed by atoms with Gasteiger partial charge in [0.05, 0.1) is 0 Å². The Labute approximate surface area is 122 Å². The largest absolute Gasteiger partial charge is 0.457 e. The van der Waals surface area contributed by atoms with Gasteiger partial charge in [-0.3, -0.25) is 0 Å². The van der Waals surface area contributed by atoms with Crippen molar-refractivity contribution in [2.24, 2.45) is 0 Å². The van der Waals surface area contributed by atoms with E-state index in [0.717, 1.165) is 23.5 Å². The van der Waals surface area contributed by atoms with Gasteiger partial charge in [0.25, 0.3) is 0 Å². The Hall–Kier alpha value is -1.80. The Kier molecular flexibility index (Phi) is 4.80. The van der Waals surface area contributed by atoms with Gasteiger partial charge < -0.3 is 9.64 Å². The van der Waals surface area contributed by atoms with Gasteiger partial charge in [-0.15, -0.1) is 0 Å². The van der Waals surface area contributed by atoms with Gasteiger partial charge >= 0.3 is 0 Å². The summed E-state index contributed by atoms with van der Waals surface area (Å²) in [6, 6.07) is 17.0. The minimum atomic E-state index is 0.517. The van der Waals surface area contributed by atoms with E-state index in [1.54, 1.807) is 0 Å². The van der Waals surface area contributed by atoms with E-state index in [9.17, 15) is 0 Å². The number of aryl methyl sites for hydroxylation is 1. The Bertz CT molecular complexity index is 563. The Morgan fingerprint density at radius 2 is 1.80 bits per heavy atom. The first-order valence-corrected chi connectivity index (χ1v) is 7.05.